The molecular formula is C39H78NO7P. The Balaban J connectivity index is 4.03. The number of allylic oxidation sites excluding steroid dienone is 2. The van der Waals surface area contributed by atoms with Gasteiger partial charge in [0.2, 0.25) is 0 Å². The summed E-state index contributed by atoms with van der Waals surface area (Å²) in [5, 5.41) is 0. The normalized spacial score (nSPS) is 13.7. The summed E-state index contributed by atoms with van der Waals surface area (Å²) in [6.45, 7) is 4.91. The summed E-state index contributed by atoms with van der Waals surface area (Å²) in [7, 11) is -4.27. The number of esters is 1. The second-order valence-corrected chi connectivity index (χ2v) is 15.0. The zero-order chi connectivity index (χ0) is 35.2. The van der Waals surface area contributed by atoms with E-state index < -0.39 is 13.9 Å². The van der Waals surface area contributed by atoms with Crippen molar-refractivity contribution in [1.82, 2.24) is 0 Å². The Bertz CT molecular complexity index is 752. The monoisotopic (exact) mass is 704 g/mol. The molecule has 0 aliphatic rings. The first-order valence-corrected chi connectivity index (χ1v) is 21.7. The molecule has 0 rings (SSSR count). The Morgan fingerprint density at radius 1 is 0.604 bits per heavy atom. The molecule has 0 spiro atoms. The number of rotatable bonds is 39. The highest BCUT2D eigenvalue weighted by Gasteiger charge is 2.25. The average molecular weight is 704 g/mol. The van der Waals surface area contributed by atoms with E-state index in [9.17, 15) is 14.3 Å². The molecule has 0 aromatic heterocycles. The smallest absolute Gasteiger partial charge is 0.457 e. The van der Waals surface area contributed by atoms with Gasteiger partial charge in [0.25, 0.3) is 0 Å². The Labute approximate surface area is 296 Å². The Kier molecular flexibility index (Phi) is 36.9. The second-order valence-electron chi connectivity index (χ2n) is 13.5. The number of unbranched alkanes of at least 4 members (excludes halogenated alkanes) is 24. The molecule has 286 valence electrons. The number of hydrogen-bond donors (Lipinski definition) is 2. The quantitative estimate of drug-likeness (QED) is 0.0281. The molecule has 0 fully saturated rings. The van der Waals surface area contributed by atoms with Crippen molar-refractivity contribution >= 4 is 13.8 Å². The predicted molar refractivity (Wildman–Crippen MR) is 201 cm³/mol. The fourth-order valence-electron chi connectivity index (χ4n) is 5.70. The second kappa shape index (κ2) is 37.5. The van der Waals surface area contributed by atoms with E-state index in [0.717, 1.165) is 32.1 Å². The molecule has 3 N–H and O–H groups in total. The van der Waals surface area contributed by atoms with Crippen LogP contribution in [0.2, 0.25) is 0 Å². The van der Waals surface area contributed by atoms with E-state index in [2.05, 4.69) is 26.0 Å². The zero-order valence-electron chi connectivity index (χ0n) is 31.5. The third-order valence-electron chi connectivity index (χ3n) is 8.68. The van der Waals surface area contributed by atoms with Crippen molar-refractivity contribution in [2.45, 2.75) is 200 Å². The van der Waals surface area contributed by atoms with Gasteiger partial charge in [0, 0.05) is 19.6 Å². The lowest BCUT2D eigenvalue weighted by Crippen LogP contribution is -2.28. The SMILES string of the molecule is CCCCC/C=C\CCCCCCCCOCC(COP(=O)(O)OCCN)OC(=O)CCCCCCCCCCCCCCCCCC. The molecule has 2 unspecified atom stereocenters. The fraction of sp³-hybridized carbons (Fsp3) is 0.923. The van der Waals surface area contributed by atoms with Crippen molar-refractivity contribution in [2.24, 2.45) is 5.73 Å². The lowest BCUT2D eigenvalue weighted by atomic mass is 10.0. The third kappa shape index (κ3) is 36.5. The van der Waals surface area contributed by atoms with Crippen LogP contribution in [0.1, 0.15) is 194 Å². The minimum absolute atomic E-state index is 0.0935. The Hall–Kier alpha value is -0.760. The van der Waals surface area contributed by atoms with Crippen molar-refractivity contribution < 1.29 is 32.8 Å². The minimum atomic E-state index is -4.27. The maximum atomic E-state index is 12.5. The van der Waals surface area contributed by atoms with E-state index >= 15 is 0 Å². The molecule has 0 bridgehead atoms. The van der Waals surface area contributed by atoms with E-state index in [-0.39, 0.29) is 32.3 Å². The average Bonchev–Trinajstić information content (AvgIpc) is 3.07. The van der Waals surface area contributed by atoms with E-state index in [1.807, 2.05) is 0 Å². The molecule has 8 nitrogen and oxygen atoms in total. The van der Waals surface area contributed by atoms with Crippen molar-refractivity contribution in [1.29, 1.82) is 0 Å². The lowest BCUT2D eigenvalue weighted by Gasteiger charge is -2.20. The van der Waals surface area contributed by atoms with Crippen LogP contribution in [0.4, 0.5) is 0 Å². The highest BCUT2D eigenvalue weighted by atomic mass is 31.2. The van der Waals surface area contributed by atoms with Crippen LogP contribution in [-0.2, 0) is 27.9 Å². The first-order valence-electron chi connectivity index (χ1n) is 20.2. The van der Waals surface area contributed by atoms with Gasteiger partial charge in [-0.1, -0.05) is 161 Å². The van der Waals surface area contributed by atoms with Crippen molar-refractivity contribution in [3.63, 3.8) is 0 Å². The molecule has 0 amide bonds. The number of phosphoric ester groups is 1. The maximum absolute atomic E-state index is 12.5. The third-order valence-corrected chi connectivity index (χ3v) is 9.67. The summed E-state index contributed by atoms with van der Waals surface area (Å²) in [6.07, 6.45) is 37.9. The number of phosphoric acid groups is 1. The van der Waals surface area contributed by atoms with Gasteiger partial charge in [0.15, 0.2) is 0 Å². The molecular weight excluding hydrogens is 625 g/mol. The summed E-state index contributed by atoms with van der Waals surface area (Å²) >= 11 is 0. The van der Waals surface area contributed by atoms with Gasteiger partial charge in [0.1, 0.15) is 6.10 Å². The van der Waals surface area contributed by atoms with Gasteiger partial charge in [-0.3, -0.25) is 13.8 Å². The van der Waals surface area contributed by atoms with Crippen molar-refractivity contribution in [2.75, 3.05) is 33.0 Å². The van der Waals surface area contributed by atoms with Crippen LogP contribution in [-0.4, -0.2) is 49.9 Å². The van der Waals surface area contributed by atoms with E-state index in [1.165, 1.54) is 141 Å². The molecule has 0 aromatic rings. The standard InChI is InChI=1S/C39H78NO7P/c1-3-5-7-9-11-13-15-17-18-19-20-22-24-26-28-30-32-39(41)47-38(37-46-48(42,43)45-35-33-40)36-44-34-31-29-27-25-23-21-16-14-12-10-8-6-4-2/h12,14,38H,3-11,13,15-37,40H2,1-2H3,(H,42,43)/b14-12-. The number of hydrogen-bond acceptors (Lipinski definition) is 7. The largest absolute Gasteiger partial charge is 0.472 e. The minimum Gasteiger partial charge on any atom is -0.457 e. The van der Waals surface area contributed by atoms with Gasteiger partial charge < -0.3 is 20.1 Å². The Morgan fingerprint density at radius 3 is 1.56 bits per heavy atom. The Morgan fingerprint density at radius 2 is 1.04 bits per heavy atom. The van der Waals surface area contributed by atoms with E-state index in [1.54, 1.807) is 0 Å². The fourth-order valence-corrected chi connectivity index (χ4v) is 6.46. The van der Waals surface area contributed by atoms with E-state index in [0.29, 0.717) is 13.0 Å². The van der Waals surface area contributed by atoms with Gasteiger partial charge in [-0.05, 0) is 38.5 Å². The van der Waals surface area contributed by atoms with Crippen LogP contribution in [0, 0.1) is 0 Å². The summed E-state index contributed by atoms with van der Waals surface area (Å²) in [4.78, 5) is 22.4. The predicted octanol–water partition coefficient (Wildman–Crippen LogP) is 11.5. The van der Waals surface area contributed by atoms with Crippen molar-refractivity contribution in [3.8, 4) is 0 Å². The summed E-state index contributed by atoms with van der Waals surface area (Å²) in [5.74, 6) is -0.330. The van der Waals surface area contributed by atoms with Gasteiger partial charge in [-0.15, -0.1) is 0 Å². The number of carbonyl (C=O) groups excluding carboxylic acids is 1. The van der Waals surface area contributed by atoms with Crippen LogP contribution in [0.15, 0.2) is 12.2 Å². The molecule has 0 radical (unpaired) electrons. The molecule has 0 saturated carbocycles. The molecule has 0 aliphatic heterocycles. The molecule has 0 heterocycles. The molecule has 48 heavy (non-hydrogen) atoms. The molecule has 0 aliphatic carbocycles. The van der Waals surface area contributed by atoms with Gasteiger partial charge in [-0.2, -0.15) is 0 Å². The van der Waals surface area contributed by atoms with Gasteiger partial charge in [0.05, 0.1) is 19.8 Å². The topological polar surface area (TPSA) is 117 Å². The number of nitrogens with two attached hydrogens (primary N) is 1. The van der Waals surface area contributed by atoms with Crippen LogP contribution in [0.3, 0.4) is 0 Å². The lowest BCUT2D eigenvalue weighted by molar-refractivity contribution is -0.154. The molecule has 0 aromatic carbocycles. The first kappa shape index (κ1) is 47.2. The zero-order valence-corrected chi connectivity index (χ0v) is 32.4. The maximum Gasteiger partial charge on any atom is 0.472 e. The molecule has 0 saturated heterocycles. The first-order chi connectivity index (χ1) is 23.4. The highest BCUT2D eigenvalue weighted by molar-refractivity contribution is 7.47. The van der Waals surface area contributed by atoms with Crippen LogP contribution < -0.4 is 5.73 Å². The van der Waals surface area contributed by atoms with Crippen LogP contribution >= 0.6 is 7.82 Å². The summed E-state index contributed by atoms with van der Waals surface area (Å²) in [6, 6.07) is 0. The van der Waals surface area contributed by atoms with Crippen LogP contribution in [0.5, 0.6) is 0 Å². The number of carbonyl (C=O) groups is 1. The summed E-state index contributed by atoms with van der Waals surface area (Å²) in [5.41, 5.74) is 5.36. The molecule has 2 atom stereocenters. The van der Waals surface area contributed by atoms with Gasteiger partial charge >= 0.3 is 13.8 Å². The molecule has 9 heteroatoms. The van der Waals surface area contributed by atoms with Crippen molar-refractivity contribution in [3.05, 3.63) is 12.2 Å². The van der Waals surface area contributed by atoms with Gasteiger partial charge in [-0.25, -0.2) is 4.57 Å². The highest BCUT2D eigenvalue weighted by Crippen LogP contribution is 2.43. The summed E-state index contributed by atoms with van der Waals surface area (Å²) < 4.78 is 33.3. The van der Waals surface area contributed by atoms with E-state index in [4.69, 9.17) is 24.3 Å². The van der Waals surface area contributed by atoms with Crippen LogP contribution in [0.25, 0.3) is 0 Å². The number of ether oxygens (including phenoxy) is 2.